The molecule has 0 radical (unpaired) electrons. The Morgan fingerprint density at radius 3 is 2.40 bits per heavy atom. The van der Waals surface area contributed by atoms with Gasteiger partial charge in [0.1, 0.15) is 0 Å². The first-order valence-corrected chi connectivity index (χ1v) is 6.84. The summed E-state index contributed by atoms with van der Waals surface area (Å²) in [5.41, 5.74) is 1.19. The van der Waals surface area contributed by atoms with E-state index in [0.29, 0.717) is 18.5 Å². The summed E-state index contributed by atoms with van der Waals surface area (Å²) < 4.78 is 0. The van der Waals surface area contributed by atoms with E-state index >= 15 is 0 Å². The fourth-order valence-corrected chi connectivity index (χ4v) is 2.77. The minimum Gasteiger partial charge on any atom is -0.375 e. The van der Waals surface area contributed by atoms with Gasteiger partial charge < -0.3 is 10.0 Å². The molecule has 0 aromatic heterocycles. The average molecular weight is 267 g/mol. The van der Waals surface area contributed by atoms with Gasteiger partial charge in [-0.1, -0.05) is 55.5 Å². The standard InChI is InChI=1S/C17H17NO2/c1-2-17(20)14-10-6-7-11-15(14)18(16(17)19)12-13-8-4-3-5-9-13/h3-11,20H,2,12H2,1H3/t17-/m0/s1. The molecule has 3 nitrogen and oxygen atoms in total. The Kier molecular flexibility index (Phi) is 3.07. The van der Waals surface area contributed by atoms with Crippen LogP contribution in [0.4, 0.5) is 5.69 Å². The van der Waals surface area contributed by atoms with Crippen LogP contribution in [0, 0.1) is 0 Å². The zero-order chi connectivity index (χ0) is 14.2. The van der Waals surface area contributed by atoms with E-state index in [0.717, 1.165) is 11.3 Å². The Morgan fingerprint density at radius 1 is 1.05 bits per heavy atom. The highest BCUT2D eigenvalue weighted by Crippen LogP contribution is 2.42. The van der Waals surface area contributed by atoms with Gasteiger partial charge in [0.2, 0.25) is 0 Å². The summed E-state index contributed by atoms with van der Waals surface area (Å²) >= 11 is 0. The number of benzene rings is 2. The molecule has 0 saturated carbocycles. The molecule has 1 aliphatic rings. The van der Waals surface area contributed by atoms with Crippen molar-refractivity contribution in [2.24, 2.45) is 0 Å². The minimum atomic E-state index is -1.38. The van der Waals surface area contributed by atoms with Crippen molar-refractivity contribution in [3.8, 4) is 0 Å². The molecule has 1 amide bonds. The molecule has 3 rings (SSSR count). The number of anilines is 1. The largest absolute Gasteiger partial charge is 0.375 e. The molecule has 102 valence electrons. The molecule has 1 atom stereocenters. The highest BCUT2D eigenvalue weighted by Gasteiger charge is 2.48. The van der Waals surface area contributed by atoms with Gasteiger partial charge in [0.25, 0.3) is 5.91 Å². The van der Waals surface area contributed by atoms with Crippen molar-refractivity contribution in [3.63, 3.8) is 0 Å². The summed E-state index contributed by atoms with van der Waals surface area (Å²) in [6.45, 7) is 2.32. The summed E-state index contributed by atoms with van der Waals surface area (Å²) in [6, 6.07) is 17.3. The quantitative estimate of drug-likeness (QED) is 0.929. The molecule has 0 spiro atoms. The number of carbonyl (C=O) groups is 1. The number of nitrogens with zero attached hydrogens (tertiary/aromatic N) is 1. The average Bonchev–Trinajstić information content (AvgIpc) is 2.72. The molecule has 2 aromatic carbocycles. The van der Waals surface area contributed by atoms with Gasteiger partial charge in [-0.05, 0) is 18.1 Å². The first kappa shape index (κ1) is 12.9. The van der Waals surface area contributed by atoms with Crippen molar-refractivity contribution in [1.82, 2.24) is 0 Å². The topological polar surface area (TPSA) is 40.5 Å². The van der Waals surface area contributed by atoms with Crippen LogP contribution in [0.25, 0.3) is 0 Å². The van der Waals surface area contributed by atoms with Crippen molar-refractivity contribution in [1.29, 1.82) is 0 Å². The maximum Gasteiger partial charge on any atom is 0.263 e. The van der Waals surface area contributed by atoms with Gasteiger partial charge in [-0.25, -0.2) is 0 Å². The van der Waals surface area contributed by atoms with Crippen LogP contribution in [0.1, 0.15) is 24.5 Å². The lowest BCUT2D eigenvalue weighted by Crippen LogP contribution is -2.39. The van der Waals surface area contributed by atoms with E-state index in [-0.39, 0.29) is 5.91 Å². The molecule has 20 heavy (non-hydrogen) atoms. The molecule has 0 bridgehead atoms. The Morgan fingerprint density at radius 2 is 1.70 bits per heavy atom. The highest BCUT2D eigenvalue weighted by molar-refractivity contribution is 6.06. The monoisotopic (exact) mass is 267 g/mol. The molecule has 0 saturated heterocycles. The number of hydrogen-bond acceptors (Lipinski definition) is 2. The van der Waals surface area contributed by atoms with Gasteiger partial charge in [-0.15, -0.1) is 0 Å². The molecule has 1 aliphatic heterocycles. The van der Waals surface area contributed by atoms with Crippen molar-refractivity contribution < 1.29 is 9.90 Å². The van der Waals surface area contributed by atoms with Gasteiger partial charge in [0.15, 0.2) is 5.60 Å². The van der Waals surface area contributed by atoms with Gasteiger partial charge >= 0.3 is 0 Å². The maximum atomic E-state index is 12.6. The number of amides is 1. The zero-order valence-corrected chi connectivity index (χ0v) is 11.4. The second kappa shape index (κ2) is 4.76. The zero-order valence-electron chi connectivity index (χ0n) is 11.4. The van der Waals surface area contributed by atoms with Crippen LogP contribution in [-0.2, 0) is 16.9 Å². The molecule has 0 unspecified atom stereocenters. The van der Waals surface area contributed by atoms with Gasteiger partial charge in [0, 0.05) is 5.56 Å². The van der Waals surface area contributed by atoms with E-state index in [1.807, 2.05) is 61.5 Å². The second-order valence-electron chi connectivity index (χ2n) is 5.11. The van der Waals surface area contributed by atoms with Crippen LogP contribution in [0.3, 0.4) is 0 Å². The fraction of sp³-hybridized carbons (Fsp3) is 0.235. The van der Waals surface area contributed by atoms with Gasteiger partial charge in [0.05, 0.1) is 12.2 Å². The molecule has 2 aromatic rings. The van der Waals surface area contributed by atoms with Crippen molar-refractivity contribution >= 4 is 11.6 Å². The highest BCUT2D eigenvalue weighted by atomic mass is 16.3. The Balaban J connectivity index is 2.03. The number of hydrogen-bond donors (Lipinski definition) is 1. The summed E-state index contributed by atoms with van der Waals surface area (Å²) in [4.78, 5) is 14.3. The summed E-state index contributed by atoms with van der Waals surface area (Å²) in [5.74, 6) is -0.231. The van der Waals surface area contributed by atoms with Crippen molar-refractivity contribution in [2.45, 2.75) is 25.5 Å². The fourth-order valence-electron chi connectivity index (χ4n) is 2.77. The number of fused-ring (bicyclic) bond motifs is 1. The van der Waals surface area contributed by atoms with Gasteiger partial charge in [-0.3, -0.25) is 4.79 Å². The molecule has 0 fully saturated rings. The lowest BCUT2D eigenvalue weighted by atomic mass is 9.93. The SMILES string of the molecule is CC[C@@]1(O)C(=O)N(Cc2ccccc2)c2ccccc21. The van der Waals surface area contributed by atoms with Crippen molar-refractivity contribution in [2.75, 3.05) is 4.90 Å². The number of carbonyl (C=O) groups excluding carboxylic acids is 1. The number of rotatable bonds is 3. The molecular formula is C17H17NO2. The second-order valence-corrected chi connectivity index (χ2v) is 5.11. The Hall–Kier alpha value is -2.13. The summed E-state index contributed by atoms with van der Waals surface area (Å²) in [5, 5.41) is 10.7. The third-order valence-corrected chi connectivity index (χ3v) is 3.93. The molecular weight excluding hydrogens is 250 g/mol. The van der Waals surface area contributed by atoms with E-state index < -0.39 is 5.60 Å². The minimum absolute atomic E-state index is 0.231. The van der Waals surface area contributed by atoms with E-state index in [4.69, 9.17) is 0 Å². The van der Waals surface area contributed by atoms with E-state index in [2.05, 4.69) is 0 Å². The van der Waals surface area contributed by atoms with Crippen LogP contribution in [0.2, 0.25) is 0 Å². The number of para-hydroxylation sites is 1. The van der Waals surface area contributed by atoms with E-state index in [9.17, 15) is 9.90 Å². The Bertz CT molecular complexity index is 638. The first-order chi connectivity index (χ1) is 9.66. The smallest absolute Gasteiger partial charge is 0.263 e. The molecule has 3 heteroatoms. The molecule has 1 heterocycles. The lowest BCUT2D eigenvalue weighted by Gasteiger charge is -2.21. The van der Waals surface area contributed by atoms with E-state index in [1.165, 1.54) is 0 Å². The van der Waals surface area contributed by atoms with Crippen LogP contribution < -0.4 is 4.90 Å². The van der Waals surface area contributed by atoms with Crippen LogP contribution >= 0.6 is 0 Å². The van der Waals surface area contributed by atoms with E-state index in [1.54, 1.807) is 4.90 Å². The normalized spacial score (nSPS) is 21.1. The molecule has 1 N–H and O–H groups in total. The predicted octanol–water partition coefficient (Wildman–Crippen LogP) is 2.83. The molecule has 0 aliphatic carbocycles. The summed E-state index contributed by atoms with van der Waals surface area (Å²) in [6.07, 6.45) is 0.383. The third-order valence-electron chi connectivity index (χ3n) is 3.93. The lowest BCUT2D eigenvalue weighted by molar-refractivity contribution is -0.136. The predicted molar refractivity (Wildman–Crippen MR) is 78.3 cm³/mol. The third kappa shape index (κ3) is 1.82. The van der Waals surface area contributed by atoms with Crippen molar-refractivity contribution in [3.05, 3.63) is 65.7 Å². The van der Waals surface area contributed by atoms with Gasteiger partial charge in [-0.2, -0.15) is 0 Å². The Labute approximate surface area is 118 Å². The van der Waals surface area contributed by atoms with Crippen LogP contribution in [0.15, 0.2) is 54.6 Å². The number of aliphatic hydroxyl groups is 1. The van der Waals surface area contributed by atoms with Crippen LogP contribution in [-0.4, -0.2) is 11.0 Å². The van der Waals surface area contributed by atoms with Crippen LogP contribution in [0.5, 0.6) is 0 Å². The first-order valence-electron chi connectivity index (χ1n) is 6.84. The summed E-state index contributed by atoms with van der Waals surface area (Å²) in [7, 11) is 0. The maximum absolute atomic E-state index is 12.6.